The highest BCUT2D eigenvalue weighted by Crippen LogP contribution is 2.23. The van der Waals surface area contributed by atoms with Crippen molar-refractivity contribution in [2.45, 2.75) is 37.1 Å². The minimum absolute atomic E-state index is 0.605. The summed E-state index contributed by atoms with van der Waals surface area (Å²) < 4.78 is 2.22. The predicted octanol–water partition coefficient (Wildman–Crippen LogP) is 3.04. The molecular weight excluding hydrogens is 242 g/mol. The van der Waals surface area contributed by atoms with E-state index in [-0.39, 0.29) is 0 Å². The van der Waals surface area contributed by atoms with Crippen LogP contribution in [0.2, 0.25) is 0 Å². The third-order valence-electron chi connectivity index (χ3n) is 2.81. The molecule has 0 fully saturated rings. The zero-order valence-electron chi connectivity index (χ0n) is 10.7. The van der Waals surface area contributed by atoms with Crippen molar-refractivity contribution in [3.8, 4) is 0 Å². The van der Waals surface area contributed by atoms with Gasteiger partial charge in [-0.1, -0.05) is 19.1 Å². The van der Waals surface area contributed by atoms with Gasteiger partial charge < -0.3 is 10.3 Å². The van der Waals surface area contributed by atoms with Crippen LogP contribution in [0.1, 0.15) is 24.6 Å². The fraction of sp³-hybridized carbons (Fsp3) is 0.357. The molecule has 1 aromatic carbocycles. The van der Waals surface area contributed by atoms with E-state index in [2.05, 4.69) is 40.7 Å². The number of benzene rings is 1. The number of hydrogen-bond acceptors (Lipinski definition) is 3. The van der Waals surface area contributed by atoms with Crippen LogP contribution in [-0.2, 0) is 18.8 Å². The van der Waals surface area contributed by atoms with Crippen molar-refractivity contribution in [2.75, 3.05) is 0 Å². The third kappa shape index (κ3) is 3.37. The first kappa shape index (κ1) is 13.2. The molecule has 1 heterocycles. The second-order valence-corrected chi connectivity index (χ2v) is 5.26. The second kappa shape index (κ2) is 6.61. The Kier molecular flexibility index (Phi) is 4.84. The standard InChI is InChI=1S/C14H19N3S/c1-2-7-17-11-16-9-13(17)10-18-14-5-3-12(8-15)4-6-14/h3-6,9,11H,2,7-8,10,15H2,1H3. The molecule has 96 valence electrons. The minimum atomic E-state index is 0.605. The molecule has 0 unspecified atom stereocenters. The highest BCUT2D eigenvalue weighted by molar-refractivity contribution is 7.98. The Hall–Kier alpha value is -1.26. The molecule has 0 aliphatic heterocycles. The van der Waals surface area contributed by atoms with Gasteiger partial charge in [0.05, 0.1) is 6.33 Å². The summed E-state index contributed by atoms with van der Waals surface area (Å²) >= 11 is 1.84. The predicted molar refractivity (Wildman–Crippen MR) is 76.4 cm³/mol. The number of aryl methyl sites for hydroxylation is 1. The van der Waals surface area contributed by atoms with Crippen LogP contribution in [-0.4, -0.2) is 9.55 Å². The number of imidazole rings is 1. The van der Waals surface area contributed by atoms with Crippen LogP contribution in [0.4, 0.5) is 0 Å². The monoisotopic (exact) mass is 261 g/mol. The van der Waals surface area contributed by atoms with Crippen molar-refractivity contribution in [1.82, 2.24) is 9.55 Å². The third-order valence-corrected chi connectivity index (χ3v) is 3.85. The van der Waals surface area contributed by atoms with Gasteiger partial charge in [-0.05, 0) is 24.1 Å². The summed E-state index contributed by atoms with van der Waals surface area (Å²) in [6, 6.07) is 8.44. The van der Waals surface area contributed by atoms with E-state index < -0.39 is 0 Å². The summed E-state index contributed by atoms with van der Waals surface area (Å²) in [5.74, 6) is 0.960. The molecule has 2 rings (SSSR count). The maximum Gasteiger partial charge on any atom is 0.0948 e. The summed E-state index contributed by atoms with van der Waals surface area (Å²) in [5.41, 5.74) is 8.04. The zero-order valence-corrected chi connectivity index (χ0v) is 11.5. The first-order valence-electron chi connectivity index (χ1n) is 6.24. The van der Waals surface area contributed by atoms with Gasteiger partial charge in [-0.3, -0.25) is 0 Å². The van der Waals surface area contributed by atoms with Gasteiger partial charge in [0.2, 0.25) is 0 Å². The Morgan fingerprint density at radius 3 is 2.72 bits per heavy atom. The highest BCUT2D eigenvalue weighted by Gasteiger charge is 2.02. The van der Waals surface area contributed by atoms with E-state index in [1.165, 1.54) is 16.2 Å². The molecule has 18 heavy (non-hydrogen) atoms. The molecule has 0 aliphatic rings. The summed E-state index contributed by atoms with van der Waals surface area (Å²) in [4.78, 5) is 5.49. The maximum absolute atomic E-state index is 5.59. The van der Waals surface area contributed by atoms with Crippen LogP contribution < -0.4 is 5.73 Å². The van der Waals surface area contributed by atoms with Gasteiger partial charge >= 0.3 is 0 Å². The fourth-order valence-corrected chi connectivity index (χ4v) is 2.67. The first-order chi connectivity index (χ1) is 8.83. The summed E-state index contributed by atoms with van der Waals surface area (Å²) in [5, 5.41) is 0. The molecule has 0 aliphatic carbocycles. The van der Waals surface area contributed by atoms with Gasteiger partial charge in [0.15, 0.2) is 0 Å². The molecule has 0 saturated carbocycles. The van der Waals surface area contributed by atoms with Crippen molar-refractivity contribution in [1.29, 1.82) is 0 Å². The van der Waals surface area contributed by atoms with Gasteiger partial charge in [-0.25, -0.2) is 4.98 Å². The van der Waals surface area contributed by atoms with Crippen molar-refractivity contribution in [3.05, 3.63) is 48.0 Å². The first-order valence-corrected chi connectivity index (χ1v) is 7.23. The normalized spacial score (nSPS) is 10.8. The SMILES string of the molecule is CCCn1cncc1CSc1ccc(CN)cc1. The number of nitrogens with zero attached hydrogens (tertiary/aromatic N) is 2. The van der Waals surface area contributed by atoms with Crippen LogP contribution in [0.5, 0.6) is 0 Å². The number of aromatic nitrogens is 2. The van der Waals surface area contributed by atoms with Gasteiger partial charge in [0.1, 0.15) is 0 Å². The summed E-state index contributed by atoms with van der Waals surface area (Å²) in [6.07, 6.45) is 5.01. The van der Waals surface area contributed by atoms with E-state index in [0.717, 1.165) is 18.7 Å². The van der Waals surface area contributed by atoms with Gasteiger partial charge in [-0.2, -0.15) is 0 Å². The minimum Gasteiger partial charge on any atom is -0.334 e. The average Bonchev–Trinajstić information content (AvgIpc) is 2.85. The molecule has 0 bridgehead atoms. The largest absolute Gasteiger partial charge is 0.334 e. The molecule has 0 amide bonds. The van der Waals surface area contributed by atoms with Crippen LogP contribution in [0.15, 0.2) is 41.7 Å². The molecular formula is C14H19N3S. The Morgan fingerprint density at radius 2 is 2.06 bits per heavy atom. The lowest BCUT2D eigenvalue weighted by atomic mass is 10.2. The summed E-state index contributed by atoms with van der Waals surface area (Å²) in [6.45, 7) is 3.83. The Morgan fingerprint density at radius 1 is 1.28 bits per heavy atom. The van der Waals surface area contributed by atoms with Crippen LogP contribution in [0.3, 0.4) is 0 Å². The Labute approximate surface area is 112 Å². The van der Waals surface area contributed by atoms with Crippen LogP contribution in [0.25, 0.3) is 0 Å². The highest BCUT2D eigenvalue weighted by atomic mass is 32.2. The number of hydrogen-bond donors (Lipinski definition) is 1. The molecule has 3 nitrogen and oxygen atoms in total. The number of nitrogens with two attached hydrogens (primary N) is 1. The number of thioether (sulfide) groups is 1. The van der Waals surface area contributed by atoms with Crippen LogP contribution in [0, 0.1) is 0 Å². The summed E-state index contributed by atoms with van der Waals surface area (Å²) in [7, 11) is 0. The fourth-order valence-electron chi connectivity index (χ4n) is 1.79. The lowest BCUT2D eigenvalue weighted by Crippen LogP contribution is -1.99. The topological polar surface area (TPSA) is 43.8 Å². The maximum atomic E-state index is 5.59. The average molecular weight is 261 g/mol. The molecule has 0 spiro atoms. The van der Waals surface area contributed by atoms with Crippen molar-refractivity contribution < 1.29 is 0 Å². The van der Waals surface area contributed by atoms with Crippen molar-refractivity contribution in [2.24, 2.45) is 5.73 Å². The molecule has 2 N–H and O–H groups in total. The number of rotatable bonds is 6. The van der Waals surface area contributed by atoms with Gasteiger partial charge in [0, 0.05) is 35.6 Å². The second-order valence-electron chi connectivity index (χ2n) is 4.22. The molecule has 2 aromatic rings. The molecule has 1 aromatic heterocycles. The molecule has 4 heteroatoms. The quantitative estimate of drug-likeness (QED) is 0.813. The van der Waals surface area contributed by atoms with Crippen LogP contribution >= 0.6 is 11.8 Å². The molecule has 0 radical (unpaired) electrons. The van der Waals surface area contributed by atoms with Crippen molar-refractivity contribution in [3.63, 3.8) is 0 Å². The Bertz CT molecular complexity index is 476. The van der Waals surface area contributed by atoms with Gasteiger partial charge in [-0.15, -0.1) is 11.8 Å². The van der Waals surface area contributed by atoms with E-state index >= 15 is 0 Å². The van der Waals surface area contributed by atoms with E-state index in [0.29, 0.717) is 6.54 Å². The smallest absolute Gasteiger partial charge is 0.0948 e. The zero-order chi connectivity index (χ0) is 12.8. The van der Waals surface area contributed by atoms with E-state index in [4.69, 9.17) is 5.73 Å². The Balaban J connectivity index is 1.95. The molecule has 0 saturated heterocycles. The van der Waals surface area contributed by atoms with E-state index in [9.17, 15) is 0 Å². The van der Waals surface area contributed by atoms with Gasteiger partial charge in [0.25, 0.3) is 0 Å². The van der Waals surface area contributed by atoms with E-state index in [1.807, 2.05) is 24.3 Å². The van der Waals surface area contributed by atoms with E-state index in [1.54, 1.807) is 0 Å². The van der Waals surface area contributed by atoms with Crippen molar-refractivity contribution >= 4 is 11.8 Å². The lowest BCUT2D eigenvalue weighted by Gasteiger charge is -2.06. The lowest BCUT2D eigenvalue weighted by molar-refractivity contribution is 0.659. The molecule has 0 atom stereocenters.